The number of nitrogens with zero attached hydrogens (tertiary/aromatic N) is 1. The van der Waals surface area contributed by atoms with Crippen LogP contribution in [-0.4, -0.2) is 16.9 Å². The summed E-state index contributed by atoms with van der Waals surface area (Å²) in [5.74, 6) is 1.38. The number of nitrogens with one attached hydrogen (secondary N) is 2. The third-order valence-electron chi connectivity index (χ3n) is 4.20. The fraction of sp³-hybridized carbons (Fsp3) is 0.625. The van der Waals surface area contributed by atoms with Gasteiger partial charge >= 0.3 is 0 Å². The first-order chi connectivity index (χ1) is 9.81. The molecule has 0 unspecified atom stereocenters. The van der Waals surface area contributed by atoms with E-state index in [1.165, 1.54) is 32.1 Å². The van der Waals surface area contributed by atoms with Gasteiger partial charge in [-0.3, -0.25) is 4.79 Å². The Bertz CT molecular complexity index is 465. The number of hydrogen-bond donors (Lipinski definition) is 2. The highest BCUT2D eigenvalue weighted by Crippen LogP contribution is 2.25. The van der Waals surface area contributed by atoms with Crippen LogP contribution in [0.25, 0.3) is 0 Å². The number of anilines is 1. The Balaban J connectivity index is 1.50. The van der Waals surface area contributed by atoms with Crippen LogP contribution < -0.4 is 10.6 Å². The minimum absolute atomic E-state index is 0.221. The summed E-state index contributed by atoms with van der Waals surface area (Å²) in [7, 11) is 0. The maximum Gasteiger partial charge on any atom is 0.223 e. The van der Waals surface area contributed by atoms with Gasteiger partial charge in [0.25, 0.3) is 0 Å². The fourth-order valence-electron chi connectivity index (χ4n) is 2.80. The second-order valence-electron chi connectivity index (χ2n) is 6.02. The molecule has 2 N–H and O–H groups in total. The number of amides is 1. The first-order valence-electron chi connectivity index (χ1n) is 7.80. The minimum atomic E-state index is 0.221. The van der Waals surface area contributed by atoms with Gasteiger partial charge in [0.15, 0.2) is 0 Å². The van der Waals surface area contributed by atoms with E-state index in [0.717, 1.165) is 24.2 Å². The van der Waals surface area contributed by atoms with Crippen molar-refractivity contribution in [3.05, 3.63) is 23.9 Å². The van der Waals surface area contributed by atoms with E-state index < -0.39 is 0 Å². The average molecular weight is 273 g/mol. The molecule has 1 amide bonds. The molecule has 20 heavy (non-hydrogen) atoms. The molecule has 1 aromatic heterocycles. The van der Waals surface area contributed by atoms with Crippen molar-refractivity contribution < 1.29 is 4.79 Å². The molecule has 0 atom stereocenters. The van der Waals surface area contributed by atoms with Gasteiger partial charge in [0.2, 0.25) is 5.91 Å². The monoisotopic (exact) mass is 273 g/mol. The zero-order valence-electron chi connectivity index (χ0n) is 11.9. The van der Waals surface area contributed by atoms with Crippen LogP contribution in [0.4, 0.5) is 5.82 Å². The van der Waals surface area contributed by atoms with Crippen molar-refractivity contribution in [2.24, 2.45) is 5.92 Å². The Morgan fingerprint density at radius 1 is 1.20 bits per heavy atom. The maximum absolute atomic E-state index is 12.1. The molecule has 0 radical (unpaired) electrons. The standard InChI is InChI=1S/C16H23N3O/c20-16(13-4-2-1-3-5-13)18-11-12-8-9-17-15(10-12)19-14-6-7-14/h8-10,13-14H,1-7,11H2,(H,17,19)(H,18,20). The van der Waals surface area contributed by atoms with Crippen molar-refractivity contribution in [3.8, 4) is 0 Å². The minimum Gasteiger partial charge on any atom is -0.367 e. The molecule has 0 spiro atoms. The Morgan fingerprint density at radius 2 is 2.00 bits per heavy atom. The van der Waals surface area contributed by atoms with E-state index in [-0.39, 0.29) is 11.8 Å². The molecule has 2 saturated carbocycles. The number of pyridine rings is 1. The van der Waals surface area contributed by atoms with Crippen LogP contribution in [-0.2, 0) is 11.3 Å². The first-order valence-corrected chi connectivity index (χ1v) is 7.80. The summed E-state index contributed by atoms with van der Waals surface area (Å²) >= 11 is 0. The average Bonchev–Trinajstić information content (AvgIpc) is 3.30. The van der Waals surface area contributed by atoms with Gasteiger partial charge < -0.3 is 10.6 Å². The lowest BCUT2D eigenvalue weighted by atomic mass is 9.88. The number of hydrogen-bond acceptors (Lipinski definition) is 3. The van der Waals surface area contributed by atoms with Gasteiger partial charge in [-0.05, 0) is 43.4 Å². The Hall–Kier alpha value is -1.58. The maximum atomic E-state index is 12.1. The Morgan fingerprint density at radius 3 is 2.75 bits per heavy atom. The molecule has 3 rings (SSSR count). The molecule has 4 heteroatoms. The number of carbonyl (C=O) groups excluding carboxylic acids is 1. The SMILES string of the molecule is O=C(NCc1ccnc(NC2CC2)c1)C1CCCCC1. The molecule has 0 saturated heterocycles. The summed E-state index contributed by atoms with van der Waals surface area (Å²) in [6, 6.07) is 4.62. The Kier molecular flexibility index (Phi) is 4.19. The van der Waals surface area contributed by atoms with Crippen LogP contribution >= 0.6 is 0 Å². The summed E-state index contributed by atoms with van der Waals surface area (Å²) in [6.07, 6.45) is 10.1. The highest BCUT2D eigenvalue weighted by molar-refractivity contribution is 5.78. The van der Waals surface area contributed by atoms with Crippen molar-refractivity contribution in [1.29, 1.82) is 0 Å². The quantitative estimate of drug-likeness (QED) is 0.867. The molecule has 2 aliphatic rings. The summed E-state index contributed by atoms with van der Waals surface area (Å²) in [6.45, 7) is 0.608. The summed E-state index contributed by atoms with van der Waals surface area (Å²) in [4.78, 5) is 16.4. The number of rotatable bonds is 5. The summed E-state index contributed by atoms with van der Waals surface area (Å²) < 4.78 is 0. The first kappa shape index (κ1) is 13.4. The molecular formula is C16H23N3O. The topological polar surface area (TPSA) is 54.0 Å². The zero-order chi connectivity index (χ0) is 13.8. The van der Waals surface area contributed by atoms with E-state index in [4.69, 9.17) is 0 Å². The highest BCUT2D eigenvalue weighted by Gasteiger charge is 2.22. The van der Waals surface area contributed by atoms with Crippen LogP contribution in [0.3, 0.4) is 0 Å². The van der Waals surface area contributed by atoms with Crippen LogP contribution in [0.15, 0.2) is 18.3 Å². The smallest absolute Gasteiger partial charge is 0.223 e. The van der Waals surface area contributed by atoms with Gasteiger partial charge in [-0.1, -0.05) is 19.3 Å². The summed E-state index contributed by atoms with van der Waals surface area (Å²) in [5.41, 5.74) is 1.12. The van der Waals surface area contributed by atoms with Crippen LogP contribution in [0.2, 0.25) is 0 Å². The predicted octanol–water partition coefficient (Wildman–Crippen LogP) is 2.85. The van der Waals surface area contributed by atoms with E-state index in [2.05, 4.69) is 15.6 Å². The normalized spacial score (nSPS) is 19.6. The van der Waals surface area contributed by atoms with E-state index >= 15 is 0 Å². The predicted molar refractivity (Wildman–Crippen MR) is 79.3 cm³/mol. The molecule has 0 aromatic carbocycles. The van der Waals surface area contributed by atoms with Crippen molar-refractivity contribution in [3.63, 3.8) is 0 Å². The molecule has 4 nitrogen and oxygen atoms in total. The second kappa shape index (κ2) is 6.25. The van der Waals surface area contributed by atoms with Crippen molar-refractivity contribution >= 4 is 11.7 Å². The van der Waals surface area contributed by atoms with Gasteiger partial charge in [-0.25, -0.2) is 4.98 Å². The molecule has 2 fully saturated rings. The van der Waals surface area contributed by atoms with Crippen molar-refractivity contribution in [1.82, 2.24) is 10.3 Å². The van der Waals surface area contributed by atoms with E-state index in [9.17, 15) is 4.79 Å². The highest BCUT2D eigenvalue weighted by atomic mass is 16.1. The Labute approximate surface area is 120 Å². The molecular weight excluding hydrogens is 250 g/mol. The summed E-state index contributed by atoms with van der Waals surface area (Å²) in [5, 5.41) is 6.45. The van der Waals surface area contributed by atoms with Gasteiger partial charge in [0.05, 0.1) is 0 Å². The van der Waals surface area contributed by atoms with Crippen molar-refractivity contribution in [2.45, 2.75) is 57.5 Å². The molecule has 108 valence electrons. The lowest BCUT2D eigenvalue weighted by Crippen LogP contribution is -2.31. The van der Waals surface area contributed by atoms with Crippen LogP contribution in [0.5, 0.6) is 0 Å². The van der Waals surface area contributed by atoms with E-state index in [1.54, 1.807) is 0 Å². The van der Waals surface area contributed by atoms with Gasteiger partial charge in [-0.15, -0.1) is 0 Å². The van der Waals surface area contributed by atoms with Crippen LogP contribution in [0, 0.1) is 5.92 Å². The third kappa shape index (κ3) is 3.71. The van der Waals surface area contributed by atoms with E-state index in [0.29, 0.717) is 12.6 Å². The number of carbonyl (C=O) groups is 1. The number of aromatic nitrogens is 1. The molecule has 2 aliphatic carbocycles. The van der Waals surface area contributed by atoms with E-state index in [1.807, 2.05) is 18.3 Å². The molecule has 0 bridgehead atoms. The lowest BCUT2D eigenvalue weighted by Gasteiger charge is -2.20. The van der Waals surface area contributed by atoms with Crippen molar-refractivity contribution in [2.75, 3.05) is 5.32 Å². The molecule has 1 heterocycles. The third-order valence-corrected chi connectivity index (χ3v) is 4.20. The van der Waals surface area contributed by atoms with Gasteiger partial charge in [0.1, 0.15) is 5.82 Å². The lowest BCUT2D eigenvalue weighted by molar-refractivity contribution is -0.126. The largest absolute Gasteiger partial charge is 0.367 e. The zero-order valence-corrected chi connectivity index (χ0v) is 11.9. The van der Waals surface area contributed by atoms with Gasteiger partial charge in [0, 0.05) is 24.7 Å². The van der Waals surface area contributed by atoms with Gasteiger partial charge in [-0.2, -0.15) is 0 Å². The van der Waals surface area contributed by atoms with Crippen LogP contribution in [0.1, 0.15) is 50.5 Å². The molecule has 0 aliphatic heterocycles. The second-order valence-corrected chi connectivity index (χ2v) is 6.02. The fourth-order valence-corrected chi connectivity index (χ4v) is 2.80. The molecule has 1 aromatic rings.